The van der Waals surface area contributed by atoms with Gasteiger partial charge in [0.25, 0.3) is 0 Å². The highest BCUT2D eigenvalue weighted by Gasteiger charge is 2.22. The van der Waals surface area contributed by atoms with Crippen LogP contribution in [0.25, 0.3) is 21.8 Å². The number of aromatic hydroxyl groups is 2. The number of benzene rings is 6. The number of hydrogen-bond donors (Lipinski definition) is 5. The fourth-order valence-corrected chi connectivity index (χ4v) is 7.42. The molecule has 0 fully saturated rings. The monoisotopic (exact) mass is 906 g/mol. The summed E-state index contributed by atoms with van der Waals surface area (Å²) in [6, 6.07) is 41.4. The molecule has 0 aliphatic carbocycles. The number of fused-ring (bicyclic) bond motifs is 2. The molecule has 0 atom stereocenters. The van der Waals surface area contributed by atoms with E-state index in [-0.39, 0.29) is 48.1 Å². The number of nitriles is 1. The topological polar surface area (TPSA) is 233 Å². The number of H-pyrrole nitrogens is 2. The third-order valence-electron chi connectivity index (χ3n) is 11.1. The Morgan fingerprint density at radius 3 is 1.28 bits per heavy atom. The number of ether oxygens (including phenoxy) is 2. The maximum atomic E-state index is 12.0. The minimum absolute atomic E-state index is 0.0420. The van der Waals surface area contributed by atoms with Crippen LogP contribution >= 0.6 is 0 Å². The number of hydrogen-bond acceptors (Lipinski definition) is 12. The summed E-state index contributed by atoms with van der Waals surface area (Å²) in [5.74, 6) is -0.936. The minimum Gasteiger partial charge on any atom is -0.494 e. The summed E-state index contributed by atoms with van der Waals surface area (Å²) in [5.41, 5.74) is 15.9. The van der Waals surface area contributed by atoms with Crippen molar-refractivity contribution in [1.29, 1.82) is 5.26 Å². The van der Waals surface area contributed by atoms with Crippen LogP contribution in [0.1, 0.15) is 79.1 Å². The number of esters is 2. The number of methoxy groups -OCH3 is 2. The first-order chi connectivity index (χ1) is 32.8. The molecule has 14 heteroatoms. The second-order valence-electron chi connectivity index (χ2n) is 15.7. The van der Waals surface area contributed by atoms with Gasteiger partial charge in [0.15, 0.2) is 23.3 Å². The van der Waals surface area contributed by atoms with Crippen molar-refractivity contribution < 1.29 is 38.9 Å². The summed E-state index contributed by atoms with van der Waals surface area (Å²) < 4.78 is 9.43. The van der Waals surface area contributed by atoms with E-state index in [0.717, 1.165) is 22.3 Å². The van der Waals surface area contributed by atoms with E-state index in [1.165, 1.54) is 28.1 Å². The molecule has 0 spiro atoms. The van der Waals surface area contributed by atoms with Crippen LogP contribution < -0.4 is 5.73 Å². The van der Waals surface area contributed by atoms with Crippen molar-refractivity contribution in [2.75, 3.05) is 14.2 Å². The van der Waals surface area contributed by atoms with Crippen LogP contribution in [0.2, 0.25) is 0 Å². The number of aromatic nitrogens is 2. The molecular weight excluding hydrogens is 861 g/mol. The maximum absolute atomic E-state index is 12.0. The Morgan fingerprint density at radius 1 is 0.559 bits per heavy atom. The normalized spacial score (nSPS) is 11.4. The maximum Gasteiger partial charge on any atom is 0.309 e. The summed E-state index contributed by atoms with van der Waals surface area (Å²) in [4.78, 5) is 62.7. The van der Waals surface area contributed by atoms with Gasteiger partial charge in [-0.2, -0.15) is 5.26 Å². The molecule has 0 saturated carbocycles. The first kappa shape index (κ1) is 47.0. The summed E-state index contributed by atoms with van der Waals surface area (Å²) >= 11 is 0. The van der Waals surface area contributed by atoms with E-state index in [2.05, 4.69) is 16.0 Å². The van der Waals surface area contributed by atoms with Crippen LogP contribution in [0.5, 0.6) is 11.8 Å². The van der Waals surface area contributed by atoms with Crippen LogP contribution in [0, 0.1) is 11.3 Å². The summed E-state index contributed by atoms with van der Waals surface area (Å²) in [6.45, 7) is 3.40. The van der Waals surface area contributed by atoms with Crippen molar-refractivity contribution in [3.8, 4) is 17.8 Å². The van der Waals surface area contributed by atoms with Gasteiger partial charge in [-0.1, -0.05) is 60.7 Å². The van der Waals surface area contributed by atoms with Crippen molar-refractivity contribution in [2.24, 2.45) is 15.7 Å². The fourth-order valence-electron chi connectivity index (χ4n) is 7.42. The number of nitrogens with zero attached hydrogens (tertiary/aromatic N) is 3. The second-order valence-corrected chi connectivity index (χ2v) is 15.7. The molecule has 6 aromatic carbocycles. The Hall–Kier alpha value is -8.93. The Kier molecular flexibility index (Phi) is 14.5. The lowest BCUT2D eigenvalue weighted by atomic mass is 9.98. The lowest BCUT2D eigenvalue weighted by molar-refractivity contribution is -0.140. The number of carbonyl (C=O) groups excluding carboxylic acids is 4. The van der Waals surface area contributed by atoms with Gasteiger partial charge in [0, 0.05) is 50.6 Å². The Morgan fingerprint density at radius 2 is 0.926 bits per heavy atom. The molecule has 2 heterocycles. The fraction of sp³-hybridized carbons (Fsp3) is 0.130. The van der Waals surface area contributed by atoms with Crippen LogP contribution in [0.3, 0.4) is 0 Å². The van der Waals surface area contributed by atoms with Crippen LogP contribution in [0.4, 0.5) is 11.4 Å². The van der Waals surface area contributed by atoms with Gasteiger partial charge in [-0.15, -0.1) is 0 Å². The first-order valence-electron chi connectivity index (χ1n) is 21.3. The van der Waals surface area contributed by atoms with Crippen molar-refractivity contribution in [1.82, 2.24) is 9.97 Å². The molecule has 0 aliphatic rings. The molecule has 0 amide bonds. The molecule has 8 rings (SSSR count). The molecular formula is C54H46N6O8. The molecule has 0 saturated heterocycles. The smallest absolute Gasteiger partial charge is 0.309 e. The molecule has 68 heavy (non-hydrogen) atoms. The third kappa shape index (κ3) is 10.8. The van der Waals surface area contributed by atoms with E-state index in [0.29, 0.717) is 84.5 Å². The van der Waals surface area contributed by atoms with Crippen molar-refractivity contribution in [2.45, 2.75) is 33.2 Å². The average molecular weight is 907 g/mol. The number of Topliss-reactive ketones (excluding diaryl/α,β-unsaturated/α-hetero) is 2. The van der Waals surface area contributed by atoms with E-state index in [1.54, 1.807) is 97.1 Å². The van der Waals surface area contributed by atoms with Crippen molar-refractivity contribution >= 4 is 68.1 Å². The van der Waals surface area contributed by atoms with Gasteiger partial charge < -0.3 is 35.4 Å². The number of ketones is 2. The van der Waals surface area contributed by atoms with E-state index >= 15 is 0 Å². The predicted octanol–water partition coefficient (Wildman–Crippen LogP) is 9.25. The van der Waals surface area contributed by atoms with Crippen LogP contribution in [0.15, 0.2) is 143 Å². The summed E-state index contributed by atoms with van der Waals surface area (Å²) in [6.07, 6.45) is 0.324. The molecule has 0 radical (unpaired) electrons. The highest BCUT2D eigenvalue weighted by atomic mass is 16.5. The van der Waals surface area contributed by atoms with Crippen LogP contribution in [-0.2, 0) is 38.4 Å². The van der Waals surface area contributed by atoms with Gasteiger partial charge in [0.05, 0.1) is 72.6 Å². The second kappa shape index (κ2) is 20.9. The molecule has 8 aromatic rings. The number of rotatable bonds is 13. The number of aliphatic imine (C=N–C) groups is 2. The zero-order valence-electron chi connectivity index (χ0n) is 37.6. The lowest BCUT2D eigenvalue weighted by Crippen LogP contribution is -2.05. The average Bonchev–Trinajstić information content (AvgIpc) is 3.87. The summed E-state index contributed by atoms with van der Waals surface area (Å²) in [7, 11) is 2.70. The molecule has 14 nitrogen and oxygen atoms in total. The Labute approximate surface area is 391 Å². The lowest BCUT2D eigenvalue weighted by Gasteiger charge is -2.09. The Balaban J connectivity index is 0.000000201. The Bertz CT molecular complexity index is 3290. The van der Waals surface area contributed by atoms with Crippen LogP contribution in [-0.4, -0.2) is 69.3 Å². The van der Waals surface area contributed by atoms with Crippen molar-refractivity contribution in [3.05, 3.63) is 189 Å². The number of nitrogens with two attached hydrogens (primary N) is 1. The van der Waals surface area contributed by atoms with Gasteiger partial charge >= 0.3 is 11.9 Å². The van der Waals surface area contributed by atoms with E-state index < -0.39 is 0 Å². The SMILES string of the molecule is COC(=O)Cc1ccc(N=C(c2ccc(C#N)cc2)c2c(O)[nH]c3ccc(C(C)=O)cc23)cc1.COC(=O)Cc1ccc(N=C(c2ccc(CN)cc2)c2c(O)[nH]c3ccc(C(C)=O)cc23)cc1. The van der Waals surface area contributed by atoms with E-state index in [1.807, 2.05) is 36.4 Å². The molecule has 0 unspecified atom stereocenters. The molecule has 340 valence electrons. The minimum atomic E-state index is -0.334. The summed E-state index contributed by atoms with van der Waals surface area (Å²) in [5, 5.41) is 32.2. The largest absolute Gasteiger partial charge is 0.494 e. The number of carbonyl (C=O) groups is 4. The molecule has 2 aromatic heterocycles. The molecule has 0 bridgehead atoms. The van der Waals surface area contributed by atoms with E-state index in [9.17, 15) is 34.7 Å². The zero-order valence-corrected chi connectivity index (χ0v) is 37.6. The van der Waals surface area contributed by atoms with E-state index in [4.69, 9.17) is 25.2 Å². The van der Waals surface area contributed by atoms with Gasteiger partial charge in [-0.05, 0) is 103 Å². The van der Waals surface area contributed by atoms with Crippen molar-refractivity contribution in [3.63, 3.8) is 0 Å². The zero-order chi connectivity index (χ0) is 48.5. The standard InChI is InChI=1S/C27H25N3O4.C27H21N3O4/c2*1-16(31)20-9-12-23-22(14-20)25(27(33)30-23)26(19-7-3-18(15-28)4-8-19)29-21-10-5-17(6-11-21)13-24(32)34-2/h3-12,14,30,33H,13,15,28H2,1-2H3;3-12,14,30,33H,13H2,1-2H3. The number of nitrogens with one attached hydrogen (secondary N) is 2. The highest BCUT2D eigenvalue weighted by Crippen LogP contribution is 2.34. The highest BCUT2D eigenvalue weighted by molar-refractivity contribution is 6.23. The van der Waals surface area contributed by atoms with Gasteiger partial charge in [0.1, 0.15) is 0 Å². The third-order valence-corrected chi connectivity index (χ3v) is 11.1. The quantitative estimate of drug-likeness (QED) is 0.0418. The number of aromatic amines is 2. The molecule has 0 aliphatic heterocycles. The van der Waals surface area contributed by atoms with Gasteiger partial charge in [-0.3, -0.25) is 19.2 Å². The molecule has 6 N–H and O–H groups in total. The van der Waals surface area contributed by atoms with Gasteiger partial charge in [-0.25, -0.2) is 9.98 Å². The predicted molar refractivity (Wildman–Crippen MR) is 260 cm³/mol. The van der Waals surface area contributed by atoms with Gasteiger partial charge in [0.2, 0.25) is 0 Å². The first-order valence-corrected chi connectivity index (χ1v) is 21.3.